The van der Waals surface area contributed by atoms with Gasteiger partial charge in [-0.2, -0.15) is 0 Å². The fourth-order valence-electron chi connectivity index (χ4n) is 1.60. The fourth-order valence-corrected chi connectivity index (χ4v) is 1.60. The van der Waals surface area contributed by atoms with Gasteiger partial charge in [-0.25, -0.2) is 0 Å². The summed E-state index contributed by atoms with van der Waals surface area (Å²) in [6, 6.07) is 0. The third-order valence-electron chi connectivity index (χ3n) is 2.27. The second kappa shape index (κ2) is 2.76. The third kappa shape index (κ3) is 1.16. The summed E-state index contributed by atoms with van der Waals surface area (Å²) >= 11 is 0. The molecule has 1 aliphatic rings. The van der Waals surface area contributed by atoms with Crippen molar-refractivity contribution < 1.29 is 0 Å². The van der Waals surface area contributed by atoms with Crippen molar-refractivity contribution in [1.82, 2.24) is 9.78 Å². The minimum absolute atomic E-state index is 0.109. The Balaban J connectivity index is 2.77. The molecule has 1 aromatic heterocycles. The van der Waals surface area contributed by atoms with Crippen molar-refractivity contribution in [2.75, 3.05) is 11.9 Å². The van der Waals surface area contributed by atoms with Gasteiger partial charge >= 0.3 is 0 Å². The first kappa shape index (κ1) is 8.10. The Morgan fingerprint density at radius 3 is 2.92 bits per heavy atom. The van der Waals surface area contributed by atoms with Gasteiger partial charge in [-0.3, -0.25) is 19.4 Å². The van der Waals surface area contributed by atoms with E-state index in [0.29, 0.717) is 17.7 Å². The number of aromatic amines is 1. The lowest BCUT2D eigenvalue weighted by molar-refractivity contribution is 0.664. The number of aromatic nitrogens is 2. The summed E-state index contributed by atoms with van der Waals surface area (Å²) in [6.07, 6.45) is 1.60. The first-order valence-electron chi connectivity index (χ1n) is 4.26. The molecule has 0 saturated carbocycles. The highest BCUT2D eigenvalue weighted by molar-refractivity contribution is 5.49. The van der Waals surface area contributed by atoms with E-state index < -0.39 is 0 Å². The normalized spacial score (nSPS) is 14.8. The predicted octanol–water partition coefficient (Wildman–Crippen LogP) is -0.568. The highest BCUT2D eigenvalue weighted by Gasteiger charge is 2.16. The Hall–Kier alpha value is -1.52. The molecule has 13 heavy (non-hydrogen) atoms. The van der Waals surface area contributed by atoms with E-state index in [0.717, 1.165) is 13.0 Å². The van der Waals surface area contributed by atoms with Crippen LogP contribution >= 0.6 is 0 Å². The van der Waals surface area contributed by atoms with Crippen LogP contribution in [0.1, 0.15) is 12.0 Å². The Kier molecular flexibility index (Phi) is 1.72. The molecule has 0 aliphatic carbocycles. The number of aryl methyl sites for hydroxylation is 1. The maximum Gasteiger partial charge on any atom is 0.286 e. The van der Waals surface area contributed by atoms with E-state index in [2.05, 4.69) is 10.4 Å². The molecule has 0 saturated heterocycles. The molecule has 2 N–H and O–H groups in total. The molecule has 0 atom stereocenters. The van der Waals surface area contributed by atoms with E-state index in [1.165, 1.54) is 4.68 Å². The molecular weight excluding hydrogens is 170 g/mol. The van der Waals surface area contributed by atoms with Crippen molar-refractivity contribution in [3.05, 3.63) is 26.3 Å². The van der Waals surface area contributed by atoms with Crippen molar-refractivity contribution in [3.8, 4) is 0 Å². The lowest BCUT2D eigenvalue weighted by Gasteiger charge is -2.16. The predicted molar refractivity (Wildman–Crippen MR) is 49.1 cm³/mol. The standard InChI is InChI=1S/C8H11N3O2/c1-11-8(13)5-3-2-4-9-6(5)7(12)10-11/h9H,2-4H2,1H3,(H,10,12). The van der Waals surface area contributed by atoms with Gasteiger partial charge in [0.2, 0.25) is 0 Å². The van der Waals surface area contributed by atoms with Crippen LogP contribution in [0.2, 0.25) is 0 Å². The SMILES string of the molecule is Cn1[nH]c(=O)c2c(c1=O)CCCN2. The van der Waals surface area contributed by atoms with Crippen LogP contribution in [-0.4, -0.2) is 16.3 Å². The topological polar surface area (TPSA) is 66.9 Å². The smallest absolute Gasteiger partial charge is 0.286 e. The van der Waals surface area contributed by atoms with E-state index in [1.807, 2.05) is 0 Å². The molecule has 0 fully saturated rings. The number of nitrogens with one attached hydrogen (secondary N) is 2. The van der Waals surface area contributed by atoms with Crippen LogP contribution in [0.3, 0.4) is 0 Å². The molecule has 0 aromatic carbocycles. The highest BCUT2D eigenvalue weighted by Crippen LogP contribution is 2.11. The minimum atomic E-state index is -0.211. The van der Waals surface area contributed by atoms with Gasteiger partial charge in [-0.1, -0.05) is 0 Å². The molecule has 5 nitrogen and oxygen atoms in total. The van der Waals surface area contributed by atoms with Crippen molar-refractivity contribution in [2.24, 2.45) is 7.05 Å². The molecule has 70 valence electrons. The molecule has 0 bridgehead atoms. The molecule has 0 spiro atoms. The van der Waals surface area contributed by atoms with E-state index in [-0.39, 0.29) is 11.1 Å². The molecule has 1 aromatic rings. The summed E-state index contributed by atoms with van der Waals surface area (Å²) < 4.78 is 1.23. The van der Waals surface area contributed by atoms with Crippen LogP contribution in [0.5, 0.6) is 0 Å². The number of rotatable bonds is 0. The van der Waals surface area contributed by atoms with Crippen molar-refractivity contribution in [1.29, 1.82) is 0 Å². The molecule has 2 rings (SSSR count). The first-order chi connectivity index (χ1) is 6.20. The van der Waals surface area contributed by atoms with E-state index in [9.17, 15) is 9.59 Å². The molecule has 5 heteroatoms. The second-order valence-corrected chi connectivity index (χ2v) is 3.19. The summed E-state index contributed by atoms with van der Waals surface area (Å²) in [5.74, 6) is 0. The summed E-state index contributed by atoms with van der Waals surface area (Å²) in [4.78, 5) is 22.9. The summed E-state index contributed by atoms with van der Waals surface area (Å²) in [5.41, 5.74) is 0.741. The number of fused-ring (bicyclic) bond motifs is 1. The van der Waals surface area contributed by atoms with Gasteiger partial charge in [0.25, 0.3) is 11.1 Å². The van der Waals surface area contributed by atoms with Crippen LogP contribution in [0.15, 0.2) is 9.59 Å². The second-order valence-electron chi connectivity index (χ2n) is 3.19. The zero-order valence-electron chi connectivity index (χ0n) is 7.39. The van der Waals surface area contributed by atoms with Gasteiger partial charge in [0.1, 0.15) is 5.69 Å². The third-order valence-corrected chi connectivity index (χ3v) is 2.27. The number of anilines is 1. The van der Waals surface area contributed by atoms with E-state index >= 15 is 0 Å². The Labute approximate surface area is 74.4 Å². The zero-order chi connectivity index (χ0) is 9.42. The fraction of sp³-hybridized carbons (Fsp3) is 0.500. The molecule has 0 unspecified atom stereocenters. The number of hydrogen-bond acceptors (Lipinski definition) is 3. The number of H-pyrrole nitrogens is 1. The van der Waals surface area contributed by atoms with E-state index in [1.54, 1.807) is 7.05 Å². The van der Waals surface area contributed by atoms with Crippen LogP contribution in [0, 0.1) is 0 Å². The average molecular weight is 181 g/mol. The lowest BCUT2D eigenvalue weighted by atomic mass is 10.1. The molecule has 0 radical (unpaired) electrons. The van der Waals surface area contributed by atoms with E-state index in [4.69, 9.17) is 0 Å². The van der Waals surface area contributed by atoms with Crippen molar-refractivity contribution in [2.45, 2.75) is 12.8 Å². The average Bonchev–Trinajstić information content (AvgIpc) is 2.15. The van der Waals surface area contributed by atoms with Crippen LogP contribution in [0.25, 0.3) is 0 Å². The minimum Gasteiger partial charge on any atom is -0.380 e. The summed E-state index contributed by atoms with van der Waals surface area (Å²) in [6.45, 7) is 0.767. The quantitative estimate of drug-likeness (QED) is 0.563. The van der Waals surface area contributed by atoms with Gasteiger partial charge in [-0.05, 0) is 12.8 Å². The van der Waals surface area contributed by atoms with Gasteiger partial charge in [0, 0.05) is 19.2 Å². The van der Waals surface area contributed by atoms with Gasteiger partial charge in [0.05, 0.1) is 0 Å². The summed E-state index contributed by atoms with van der Waals surface area (Å²) in [5, 5.41) is 5.39. The van der Waals surface area contributed by atoms with Crippen molar-refractivity contribution in [3.63, 3.8) is 0 Å². The van der Waals surface area contributed by atoms with Crippen LogP contribution in [-0.2, 0) is 13.5 Å². The van der Waals surface area contributed by atoms with Gasteiger partial charge < -0.3 is 5.32 Å². The molecule has 2 heterocycles. The molecular formula is C8H11N3O2. The zero-order valence-corrected chi connectivity index (χ0v) is 7.39. The Bertz CT molecular complexity index is 444. The largest absolute Gasteiger partial charge is 0.380 e. The Morgan fingerprint density at radius 1 is 1.38 bits per heavy atom. The van der Waals surface area contributed by atoms with Crippen LogP contribution < -0.4 is 16.4 Å². The molecule has 0 amide bonds. The van der Waals surface area contributed by atoms with Crippen LogP contribution in [0.4, 0.5) is 5.69 Å². The first-order valence-corrected chi connectivity index (χ1v) is 4.26. The van der Waals surface area contributed by atoms with Gasteiger partial charge in [-0.15, -0.1) is 0 Å². The number of nitrogens with zero attached hydrogens (tertiary/aromatic N) is 1. The lowest BCUT2D eigenvalue weighted by Crippen LogP contribution is -2.35. The monoisotopic (exact) mass is 181 g/mol. The van der Waals surface area contributed by atoms with Crippen molar-refractivity contribution >= 4 is 5.69 Å². The number of hydrogen-bond donors (Lipinski definition) is 2. The maximum absolute atomic E-state index is 11.5. The summed E-state index contributed by atoms with van der Waals surface area (Å²) in [7, 11) is 1.55. The van der Waals surface area contributed by atoms with Gasteiger partial charge in [0.15, 0.2) is 0 Å². The highest BCUT2D eigenvalue weighted by atomic mass is 16.2. The Morgan fingerprint density at radius 2 is 2.15 bits per heavy atom. The molecule has 1 aliphatic heterocycles. The maximum atomic E-state index is 11.5.